The van der Waals surface area contributed by atoms with Crippen molar-refractivity contribution in [2.45, 2.75) is 38.0 Å². The lowest BCUT2D eigenvalue weighted by atomic mass is 10.1. The average Bonchev–Trinajstić information content (AvgIpc) is 3.49. The summed E-state index contributed by atoms with van der Waals surface area (Å²) in [7, 11) is -2.48. The molecule has 0 radical (unpaired) electrons. The van der Waals surface area contributed by atoms with E-state index in [2.05, 4.69) is 106 Å². The molecule has 1 heterocycles. The molecular formula is C25H28O2Si. The molecule has 0 amide bonds. The molecule has 2 nitrogen and oxygen atoms in total. The molecule has 4 rings (SSSR count). The Morgan fingerprint density at radius 2 is 1.21 bits per heavy atom. The Bertz CT molecular complexity index is 849. The number of benzene rings is 3. The molecule has 1 fully saturated rings. The first-order chi connectivity index (χ1) is 13.5. The van der Waals surface area contributed by atoms with Gasteiger partial charge in [0.2, 0.25) is 0 Å². The minimum Gasteiger partial charge on any atom is -0.405 e. The van der Waals surface area contributed by atoms with Gasteiger partial charge >= 0.3 is 0 Å². The van der Waals surface area contributed by atoms with Crippen LogP contribution in [0.1, 0.15) is 32.4 Å². The Kier molecular flexibility index (Phi) is 5.24. The Morgan fingerprint density at radius 3 is 1.68 bits per heavy atom. The second kappa shape index (κ2) is 7.67. The summed E-state index contributed by atoms with van der Waals surface area (Å²) in [5.41, 5.74) is 1.23. The third-order valence-electron chi connectivity index (χ3n) is 5.59. The Labute approximate surface area is 169 Å². The van der Waals surface area contributed by atoms with Crippen molar-refractivity contribution in [1.29, 1.82) is 0 Å². The Hall–Kier alpha value is -2.20. The normalized spacial score (nSPS) is 19.4. The van der Waals surface area contributed by atoms with Gasteiger partial charge in [0.15, 0.2) is 0 Å². The van der Waals surface area contributed by atoms with E-state index in [9.17, 15) is 0 Å². The van der Waals surface area contributed by atoms with Crippen LogP contribution in [0.3, 0.4) is 0 Å². The van der Waals surface area contributed by atoms with Gasteiger partial charge in [0.05, 0.1) is 6.61 Å². The Morgan fingerprint density at radius 1 is 0.750 bits per heavy atom. The molecule has 1 saturated heterocycles. The first-order valence-corrected chi connectivity index (χ1v) is 11.9. The molecule has 3 aromatic carbocycles. The molecule has 0 spiro atoms. The van der Waals surface area contributed by atoms with E-state index in [1.807, 2.05) is 6.07 Å². The van der Waals surface area contributed by atoms with Gasteiger partial charge in [0, 0.05) is 0 Å². The van der Waals surface area contributed by atoms with E-state index >= 15 is 0 Å². The van der Waals surface area contributed by atoms with Gasteiger partial charge in [-0.15, -0.1) is 0 Å². The highest BCUT2D eigenvalue weighted by Crippen LogP contribution is 2.42. The molecule has 1 aliphatic heterocycles. The zero-order chi connectivity index (χ0) is 19.6. The Balaban J connectivity index is 1.66. The van der Waals surface area contributed by atoms with Crippen molar-refractivity contribution >= 4 is 18.7 Å². The maximum atomic E-state index is 6.96. The fourth-order valence-electron chi connectivity index (χ4n) is 4.17. The molecular weight excluding hydrogens is 360 g/mol. The zero-order valence-corrected chi connectivity index (χ0v) is 17.8. The molecule has 0 unspecified atom stereocenters. The second-order valence-electron chi connectivity index (χ2n) is 8.48. The summed E-state index contributed by atoms with van der Waals surface area (Å²) in [5.74, 6) is 0. The van der Waals surface area contributed by atoms with E-state index in [0.717, 1.165) is 0 Å². The van der Waals surface area contributed by atoms with Crippen molar-refractivity contribution in [3.8, 4) is 0 Å². The summed E-state index contributed by atoms with van der Waals surface area (Å²) < 4.78 is 12.9. The van der Waals surface area contributed by atoms with E-state index < -0.39 is 8.32 Å². The van der Waals surface area contributed by atoms with E-state index in [-0.39, 0.29) is 17.2 Å². The van der Waals surface area contributed by atoms with E-state index in [1.165, 1.54) is 15.9 Å². The van der Waals surface area contributed by atoms with Crippen LogP contribution in [0.4, 0.5) is 0 Å². The van der Waals surface area contributed by atoms with Gasteiger partial charge in [-0.3, -0.25) is 0 Å². The van der Waals surface area contributed by atoms with Gasteiger partial charge in [-0.25, -0.2) is 0 Å². The highest BCUT2D eigenvalue weighted by Gasteiger charge is 2.52. The van der Waals surface area contributed by atoms with Crippen LogP contribution in [0, 0.1) is 0 Å². The number of hydrogen-bond donors (Lipinski definition) is 0. The summed E-state index contributed by atoms with van der Waals surface area (Å²) in [5, 5.41) is 2.61. The number of hydrogen-bond acceptors (Lipinski definition) is 2. The molecule has 0 aliphatic carbocycles. The van der Waals surface area contributed by atoms with E-state index in [4.69, 9.17) is 9.16 Å². The first-order valence-electron chi connectivity index (χ1n) is 9.98. The van der Waals surface area contributed by atoms with Crippen LogP contribution in [-0.4, -0.2) is 21.0 Å². The lowest BCUT2D eigenvalue weighted by Crippen LogP contribution is -2.66. The summed E-state index contributed by atoms with van der Waals surface area (Å²) >= 11 is 0. The van der Waals surface area contributed by atoms with Crippen LogP contribution in [0.25, 0.3) is 0 Å². The van der Waals surface area contributed by atoms with Crippen molar-refractivity contribution in [3.63, 3.8) is 0 Å². The van der Waals surface area contributed by atoms with Crippen LogP contribution in [0.5, 0.6) is 0 Å². The number of epoxide rings is 1. The monoisotopic (exact) mass is 388 g/mol. The highest BCUT2D eigenvalue weighted by molar-refractivity contribution is 6.99. The molecule has 144 valence electrons. The predicted octanol–water partition coefficient (Wildman–Crippen LogP) is 4.70. The van der Waals surface area contributed by atoms with Gasteiger partial charge in [-0.05, 0) is 21.0 Å². The van der Waals surface area contributed by atoms with Crippen molar-refractivity contribution < 1.29 is 9.16 Å². The average molecular weight is 389 g/mol. The predicted molar refractivity (Wildman–Crippen MR) is 118 cm³/mol. The van der Waals surface area contributed by atoms with Crippen LogP contribution in [0.15, 0.2) is 91.0 Å². The van der Waals surface area contributed by atoms with Crippen molar-refractivity contribution in [1.82, 2.24) is 0 Å². The van der Waals surface area contributed by atoms with Crippen LogP contribution >= 0.6 is 0 Å². The summed E-state index contributed by atoms with van der Waals surface area (Å²) in [6, 6.07) is 32.0. The van der Waals surface area contributed by atoms with Gasteiger partial charge in [-0.2, -0.15) is 0 Å². The lowest BCUT2D eigenvalue weighted by molar-refractivity contribution is 0.248. The SMILES string of the molecule is CC(C)(C)[Si](OC[C@@H]1O[C@H]1c1ccccc1)(c1ccccc1)c1ccccc1. The maximum Gasteiger partial charge on any atom is 0.261 e. The van der Waals surface area contributed by atoms with E-state index in [1.54, 1.807) is 0 Å². The summed E-state index contributed by atoms with van der Waals surface area (Å²) in [4.78, 5) is 0. The summed E-state index contributed by atoms with van der Waals surface area (Å²) in [6.45, 7) is 7.54. The molecule has 0 bridgehead atoms. The van der Waals surface area contributed by atoms with Gasteiger partial charge in [0.25, 0.3) is 8.32 Å². The summed E-state index contributed by atoms with van der Waals surface area (Å²) in [6.07, 6.45) is 0.281. The fourth-order valence-corrected chi connectivity index (χ4v) is 8.74. The van der Waals surface area contributed by atoms with Crippen molar-refractivity contribution in [2.24, 2.45) is 0 Å². The number of ether oxygens (including phenoxy) is 1. The first kappa shape index (κ1) is 19.1. The van der Waals surface area contributed by atoms with Crippen molar-refractivity contribution in [3.05, 3.63) is 96.6 Å². The topological polar surface area (TPSA) is 21.8 Å². The van der Waals surface area contributed by atoms with Crippen molar-refractivity contribution in [2.75, 3.05) is 6.61 Å². The van der Waals surface area contributed by atoms with Crippen LogP contribution < -0.4 is 10.4 Å². The quantitative estimate of drug-likeness (QED) is 0.451. The standard InChI is InChI=1S/C25H28O2Si/c1-25(2,3)28(21-15-9-5-10-16-21,22-17-11-6-12-18-22)26-19-23-24(27-23)20-13-7-4-8-14-20/h4-18,23-24H,19H2,1-3H3/t23-,24-/m0/s1. The molecule has 2 atom stereocenters. The number of rotatable bonds is 6. The molecule has 1 aliphatic rings. The van der Waals surface area contributed by atoms with Crippen LogP contribution in [-0.2, 0) is 9.16 Å². The second-order valence-corrected chi connectivity index (χ2v) is 12.8. The molecule has 0 N–H and O–H groups in total. The van der Waals surface area contributed by atoms with Gasteiger partial charge < -0.3 is 9.16 Å². The minimum absolute atomic E-state index is 0.00710. The smallest absolute Gasteiger partial charge is 0.261 e. The molecule has 0 saturated carbocycles. The molecule has 28 heavy (non-hydrogen) atoms. The van der Waals surface area contributed by atoms with Crippen LogP contribution in [0.2, 0.25) is 5.04 Å². The lowest BCUT2D eigenvalue weighted by Gasteiger charge is -2.43. The maximum absolute atomic E-state index is 6.96. The minimum atomic E-state index is -2.48. The third kappa shape index (κ3) is 3.58. The third-order valence-corrected chi connectivity index (χ3v) is 10.6. The molecule has 3 aromatic rings. The van der Waals surface area contributed by atoms with Gasteiger partial charge in [0.1, 0.15) is 12.2 Å². The fraction of sp³-hybridized carbons (Fsp3) is 0.280. The van der Waals surface area contributed by atoms with E-state index in [0.29, 0.717) is 6.61 Å². The zero-order valence-electron chi connectivity index (χ0n) is 16.8. The highest BCUT2D eigenvalue weighted by atomic mass is 28.4. The van der Waals surface area contributed by atoms with Gasteiger partial charge in [-0.1, -0.05) is 112 Å². The molecule has 3 heteroatoms. The largest absolute Gasteiger partial charge is 0.405 e. The molecule has 0 aromatic heterocycles.